The highest BCUT2D eigenvalue weighted by molar-refractivity contribution is 8.03. The van der Waals surface area contributed by atoms with Crippen LogP contribution in [0.3, 0.4) is 0 Å². The van der Waals surface area contributed by atoms with E-state index in [2.05, 4.69) is 39.6 Å². The van der Waals surface area contributed by atoms with Crippen molar-refractivity contribution in [3.05, 3.63) is 11.2 Å². The first-order valence-corrected chi connectivity index (χ1v) is 8.66. The van der Waals surface area contributed by atoms with Gasteiger partial charge in [-0.15, -0.1) is 0 Å². The number of rotatable bonds is 4. The molecule has 12 heavy (non-hydrogen) atoms. The zero-order valence-corrected chi connectivity index (χ0v) is 10.8. The van der Waals surface area contributed by atoms with E-state index in [9.17, 15) is 0 Å². The van der Waals surface area contributed by atoms with E-state index < -0.39 is 8.32 Å². The van der Waals surface area contributed by atoms with Crippen molar-refractivity contribution in [1.29, 1.82) is 0 Å². The van der Waals surface area contributed by atoms with E-state index in [-0.39, 0.29) is 0 Å². The van der Waals surface area contributed by atoms with Crippen LogP contribution in [0, 0.1) is 0 Å². The molecule has 0 aliphatic carbocycles. The largest absolute Gasteiger partial charge is 0.540 e. The molecule has 0 saturated heterocycles. The van der Waals surface area contributed by atoms with Crippen LogP contribution in [0.25, 0.3) is 0 Å². The summed E-state index contributed by atoms with van der Waals surface area (Å²) in [4.78, 5) is 0. The molecule has 3 heteroatoms. The zero-order valence-electron chi connectivity index (χ0n) is 8.97. The predicted octanol–water partition coefficient (Wildman–Crippen LogP) is 3.84. The van der Waals surface area contributed by atoms with Crippen molar-refractivity contribution in [2.45, 2.75) is 45.7 Å². The lowest BCUT2D eigenvalue weighted by molar-refractivity contribution is 0.462. The predicted molar refractivity (Wildman–Crippen MR) is 60.9 cm³/mol. The minimum Gasteiger partial charge on any atom is -0.540 e. The molecule has 0 spiro atoms. The molecule has 0 rings (SSSR count). The first-order chi connectivity index (χ1) is 5.35. The molecule has 0 radical (unpaired) electrons. The van der Waals surface area contributed by atoms with Gasteiger partial charge in [0.2, 0.25) is 8.32 Å². The molecule has 72 valence electrons. The zero-order chi connectivity index (χ0) is 9.78. The van der Waals surface area contributed by atoms with Crippen molar-refractivity contribution in [2.75, 3.05) is 0 Å². The number of hydrogen-bond donors (Lipinski definition) is 0. The van der Waals surface area contributed by atoms with Crippen LogP contribution in [-0.2, 0) is 4.43 Å². The average Bonchev–Trinajstić information content (AvgIpc) is 1.82. The second kappa shape index (κ2) is 4.97. The molecule has 0 atom stereocenters. The molecule has 0 aromatic carbocycles. The fourth-order valence-corrected chi connectivity index (χ4v) is 2.95. The second-order valence-corrected chi connectivity index (χ2v) is 10.00. The summed E-state index contributed by atoms with van der Waals surface area (Å²) in [7, 11) is -1.40. The van der Waals surface area contributed by atoms with Crippen LogP contribution < -0.4 is 0 Å². The Morgan fingerprint density at radius 1 is 1.33 bits per heavy atom. The van der Waals surface area contributed by atoms with Crippen molar-refractivity contribution in [1.82, 2.24) is 0 Å². The van der Waals surface area contributed by atoms with Crippen LogP contribution in [0.5, 0.6) is 0 Å². The maximum Gasteiger partial charge on any atom is 0.242 e. The Labute approximate surface area is 81.7 Å². The van der Waals surface area contributed by atoms with Gasteiger partial charge in [-0.25, -0.2) is 0 Å². The first kappa shape index (κ1) is 12.1. The minimum absolute atomic E-state index is 0.604. The number of hydrogen-bond acceptors (Lipinski definition) is 2. The van der Waals surface area contributed by atoms with Gasteiger partial charge in [0.05, 0.1) is 0 Å². The van der Waals surface area contributed by atoms with Gasteiger partial charge in [-0.05, 0) is 32.6 Å². The smallest absolute Gasteiger partial charge is 0.242 e. The van der Waals surface area contributed by atoms with Gasteiger partial charge in [-0.3, -0.25) is 0 Å². The van der Waals surface area contributed by atoms with Crippen LogP contribution >= 0.6 is 11.8 Å². The minimum atomic E-state index is -1.40. The van der Waals surface area contributed by atoms with Crippen LogP contribution in [0.15, 0.2) is 11.2 Å². The molecular formula is C9H20OSSi. The third-order valence-corrected chi connectivity index (χ3v) is 3.00. The maximum atomic E-state index is 5.86. The Morgan fingerprint density at radius 2 is 1.83 bits per heavy atom. The topological polar surface area (TPSA) is 9.23 Å². The van der Waals surface area contributed by atoms with Crippen LogP contribution in [0.2, 0.25) is 19.6 Å². The van der Waals surface area contributed by atoms with Gasteiger partial charge in [0.25, 0.3) is 0 Å². The molecule has 0 heterocycles. The van der Waals surface area contributed by atoms with E-state index >= 15 is 0 Å². The molecule has 0 aromatic rings. The van der Waals surface area contributed by atoms with E-state index in [1.54, 1.807) is 11.8 Å². The highest BCUT2D eigenvalue weighted by Crippen LogP contribution is 2.25. The summed E-state index contributed by atoms with van der Waals surface area (Å²) >= 11 is 1.80. The molecule has 0 bridgehead atoms. The Balaban J connectivity index is 4.03. The quantitative estimate of drug-likeness (QED) is 0.508. The van der Waals surface area contributed by atoms with Gasteiger partial charge in [-0.2, -0.15) is 0 Å². The highest BCUT2D eigenvalue weighted by Gasteiger charge is 2.17. The molecule has 0 aromatic heterocycles. The van der Waals surface area contributed by atoms with E-state index in [0.29, 0.717) is 5.25 Å². The third kappa shape index (κ3) is 6.79. The Hall–Kier alpha value is 0.107. The standard InChI is InChI=1S/C9H20OSSi/c1-7-9(11-8(2)3)10-12(4,5)6/h7-8H,1-6H3/b9-7-. The molecule has 0 amide bonds. The van der Waals surface area contributed by atoms with Gasteiger partial charge in [0.15, 0.2) is 0 Å². The molecule has 0 aliphatic rings. The monoisotopic (exact) mass is 204 g/mol. The van der Waals surface area contributed by atoms with Gasteiger partial charge in [0.1, 0.15) is 5.09 Å². The summed E-state index contributed by atoms with van der Waals surface area (Å²) < 4.78 is 5.86. The highest BCUT2D eigenvalue weighted by atomic mass is 32.2. The van der Waals surface area contributed by atoms with E-state index in [0.717, 1.165) is 5.09 Å². The second-order valence-electron chi connectivity index (χ2n) is 3.99. The summed E-state index contributed by atoms with van der Waals surface area (Å²) in [6, 6.07) is 0. The van der Waals surface area contributed by atoms with E-state index in [1.807, 2.05) is 6.92 Å². The lowest BCUT2D eigenvalue weighted by Crippen LogP contribution is -2.24. The molecule has 0 unspecified atom stereocenters. The summed E-state index contributed by atoms with van der Waals surface area (Å²) in [6.07, 6.45) is 2.06. The molecule has 0 aliphatic heterocycles. The molecule has 0 saturated carbocycles. The van der Waals surface area contributed by atoms with Gasteiger partial charge in [0, 0.05) is 5.25 Å². The van der Waals surface area contributed by atoms with Crippen molar-refractivity contribution >= 4 is 20.1 Å². The number of thioether (sulfide) groups is 1. The van der Waals surface area contributed by atoms with Gasteiger partial charge < -0.3 is 4.43 Å². The summed E-state index contributed by atoms with van der Waals surface area (Å²) in [5.41, 5.74) is 0. The summed E-state index contributed by atoms with van der Waals surface area (Å²) in [5.74, 6) is 0. The Bertz CT molecular complexity index is 158. The van der Waals surface area contributed by atoms with Gasteiger partial charge in [-0.1, -0.05) is 25.6 Å². The molecule has 0 fully saturated rings. The van der Waals surface area contributed by atoms with Crippen molar-refractivity contribution in [3.63, 3.8) is 0 Å². The van der Waals surface area contributed by atoms with Crippen molar-refractivity contribution in [2.24, 2.45) is 0 Å². The average molecular weight is 204 g/mol. The maximum absolute atomic E-state index is 5.86. The van der Waals surface area contributed by atoms with Crippen molar-refractivity contribution < 1.29 is 4.43 Å². The van der Waals surface area contributed by atoms with Gasteiger partial charge >= 0.3 is 0 Å². The lowest BCUT2D eigenvalue weighted by atomic mass is 10.6. The summed E-state index contributed by atoms with van der Waals surface area (Å²) in [5, 5.41) is 1.69. The Morgan fingerprint density at radius 3 is 2.08 bits per heavy atom. The van der Waals surface area contributed by atoms with Crippen LogP contribution in [-0.4, -0.2) is 13.6 Å². The Kier molecular flexibility index (Phi) is 5.02. The fourth-order valence-electron chi connectivity index (χ4n) is 0.685. The van der Waals surface area contributed by atoms with Crippen molar-refractivity contribution in [3.8, 4) is 0 Å². The van der Waals surface area contributed by atoms with Crippen LogP contribution in [0.1, 0.15) is 20.8 Å². The molecule has 1 nitrogen and oxygen atoms in total. The SMILES string of the molecule is C/C=C(/O[Si](C)(C)C)SC(C)C. The fraction of sp³-hybridized carbons (Fsp3) is 0.778. The third-order valence-electron chi connectivity index (χ3n) is 0.994. The first-order valence-electron chi connectivity index (χ1n) is 4.37. The molecule has 0 N–H and O–H groups in total. The van der Waals surface area contributed by atoms with Crippen LogP contribution in [0.4, 0.5) is 0 Å². The summed E-state index contributed by atoms with van der Waals surface area (Å²) in [6.45, 7) is 13.0. The van der Waals surface area contributed by atoms with E-state index in [1.165, 1.54) is 0 Å². The lowest BCUT2D eigenvalue weighted by Gasteiger charge is -2.22. The normalized spacial score (nSPS) is 13.8. The number of allylic oxidation sites excluding steroid dienone is 1. The van der Waals surface area contributed by atoms with E-state index in [4.69, 9.17) is 4.43 Å². The molecular weight excluding hydrogens is 184 g/mol.